The molecule has 5 heteroatoms. The van der Waals surface area contributed by atoms with E-state index in [-0.39, 0.29) is 0 Å². The fourth-order valence-electron chi connectivity index (χ4n) is 1.30. The van der Waals surface area contributed by atoms with Crippen molar-refractivity contribution in [1.29, 1.82) is 0 Å². The van der Waals surface area contributed by atoms with Gasteiger partial charge in [-0.3, -0.25) is 0 Å². The predicted molar refractivity (Wildman–Crippen MR) is 63.3 cm³/mol. The Morgan fingerprint density at radius 2 is 2.31 bits per heavy atom. The van der Waals surface area contributed by atoms with Crippen molar-refractivity contribution in [2.75, 3.05) is 12.4 Å². The van der Waals surface area contributed by atoms with E-state index < -0.39 is 12.0 Å². The molecule has 4 nitrogen and oxygen atoms in total. The van der Waals surface area contributed by atoms with Crippen LogP contribution >= 0.6 is 11.6 Å². The number of carboxylic acid groups (broad SMARTS) is 1. The molecule has 0 saturated heterocycles. The molecule has 0 unspecified atom stereocenters. The maximum atomic E-state index is 10.8. The quantitative estimate of drug-likeness (QED) is 0.835. The van der Waals surface area contributed by atoms with Crippen LogP contribution < -0.4 is 10.1 Å². The fourth-order valence-corrected chi connectivity index (χ4v) is 1.55. The average Bonchev–Trinajstić information content (AvgIpc) is 2.25. The summed E-state index contributed by atoms with van der Waals surface area (Å²) in [7, 11) is 1.53. The summed E-state index contributed by atoms with van der Waals surface area (Å²) < 4.78 is 5.00. The third-order valence-corrected chi connectivity index (χ3v) is 2.49. The van der Waals surface area contributed by atoms with Crippen LogP contribution in [-0.2, 0) is 4.79 Å². The third kappa shape index (κ3) is 3.03. The van der Waals surface area contributed by atoms with Crippen molar-refractivity contribution in [2.45, 2.75) is 19.4 Å². The smallest absolute Gasteiger partial charge is 0.326 e. The zero-order valence-corrected chi connectivity index (χ0v) is 9.91. The van der Waals surface area contributed by atoms with E-state index in [0.29, 0.717) is 22.9 Å². The molecule has 1 atom stereocenters. The summed E-state index contributed by atoms with van der Waals surface area (Å²) in [5, 5.41) is 12.2. The summed E-state index contributed by atoms with van der Waals surface area (Å²) in [6.07, 6.45) is 0.499. The van der Waals surface area contributed by atoms with Gasteiger partial charge in [0.1, 0.15) is 11.8 Å². The van der Waals surface area contributed by atoms with E-state index in [0.717, 1.165) is 0 Å². The van der Waals surface area contributed by atoms with Crippen LogP contribution in [0.2, 0.25) is 5.02 Å². The number of aliphatic carboxylic acids is 1. The maximum absolute atomic E-state index is 10.8. The van der Waals surface area contributed by atoms with Gasteiger partial charge < -0.3 is 15.2 Å². The van der Waals surface area contributed by atoms with E-state index in [1.54, 1.807) is 25.1 Å². The van der Waals surface area contributed by atoms with Crippen molar-refractivity contribution < 1.29 is 14.6 Å². The van der Waals surface area contributed by atoms with Gasteiger partial charge in [0.05, 0.1) is 12.1 Å². The van der Waals surface area contributed by atoms with Crippen LogP contribution in [-0.4, -0.2) is 24.2 Å². The topological polar surface area (TPSA) is 58.6 Å². The van der Waals surface area contributed by atoms with E-state index in [1.807, 2.05) is 0 Å². The summed E-state index contributed by atoms with van der Waals surface area (Å²) in [5.41, 5.74) is 0.667. The first-order valence-corrected chi connectivity index (χ1v) is 5.29. The highest BCUT2D eigenvalue weighted by molar-refractivity contribution is 6.32. The molecule has 88 valence electrons. The highest BCUT2D eigenvalue weighted by Gasteiger charge is 2.14. The maximum Gasteiger partial charge on any atom is 0.326 e. The van der Waals surface area contributed by atoms with Gasteiger partial charge in [-0.2, -0.15) is 0 Å². The number of hydrogen-bond donors (Lipinski definition) is 2. The van der Waals surface area contributed by atoms with Crippen LogP contribution in [0, 0.1) is 0 Å². The molecule has 0 heterocycles. The minimum absolute atomic E-state index is 0.452. The third-order valence-electron chi connectivity index (χ3n) is 2.20. The zero-order chi connectivity index (χ0) is 12.1. The Labute approximate surface area is 99.2 Å². The van der Waals surface area contributed by atoms with E-state index in [1.165, 1.54) is 7.11 Å². The van der Waals surface area contributed by atoms with Crippen LogP contribution in [0.3, 0.4) is 0 Å². The second-order valence-corrected chi connectivity index (χ2v) is 3.70. The minimum Gasteiger partial charge on any atom is -0.495 e. The van der Waals surface area contributed by atoms with Gasteiger partial charge in [-0.1, -0.05) is 18.5 Å². The van der Waals surface area contributed by atoms with Crippen LogP contribution in [0.5, 0.6) is 5.75 Å². The van der Waals surface area contributed by atoms with Gasteiger partial charge in [0.2, 0.25) is 0 Å². The van der Waals surface area contributed by atoms with E-state index in [9.17, 15) is 4.79 Å². The van der Waals surface area contributed by atoms with Gasteiger partial charge in [0.25, 0.3) is 0 Å². The minimum atomic E-state index is -0.880. The number of halogens is 1. The number of benzene rings is 1. The van der Waals surface area contributed by atoms with Gasteiger partial charge in [0.15, 0.2) is 0 Å². The number of hydrogen-bond acceptors (Lipinski definition) is 3. The molecule has 0 fully saturated rings. The molecule has 16 heavy (non-hydrogen) atoms. The number of methoxy groups -OCH3 is 1. The molecule has 0 radical (unpaired) electrons. The van der Waals surface area contributed by atoms with Crippen molar-refractivity contribution >= 4 is 23.3 Å². The van der Waals surface area contributed by atoms with E-state index >= 15 is 0 Å². The number of rotatable bonds is 5. The van der Waals surface area contributed by atoms with Gasteiger partial charge in [-0.15, -0.1) is 0 Å². The number of carbonyl (C=O) groups is 1. The first-order valence-electron chi connectivity index (χ1n) is 4.91. The molecule has 0 aromatic heterocycles. The lowest BCUT2D eigenvalue weighted by Crippen LogP contribution is -2.28. The molecule has 0 saturated carbocycles. The second kappa shape index (κ2) is 5.61. The van der Waals surface area contributed by atoms with Crippen LogP contribution in [0.25, 0.3) is 0 Å². The predicted octanol–water partition coefficient (Wildman–Crippen LogP) is 2.62. The Kier molecular flexibility index (Phi) is 4.43. The van der Waals surface area contributed by atoms with Gasteiger partial charge in [-0.25, -0.2) is 4.79 Å². The molecule has 0 spiro atoms. The molecule has 1 aromatic carbocycles. The SMILES string of the molecule is CC[C@H](Nc1ccc(OC)c(Cl)c1)C(=O)O. The van der Waals surface area contributed by atoms with Crippen LogP contribution in [0.1, 0.15) is 13.3 Å². The van der Waals surface area contributed by atoms with Crippen LogP contribution in [0.4, 0.5) is 5.69 Å². The van der Waals surface area contributed by atoms with Crippen LogP contribution in [0.15, 0.2) is 18.2 Å². The van der Waals surface area contributed by atoms with Crippen molar-refractivity contribution in [1.82, 2.24) is 0 Å². The van der Waals surface area contributed by atoms with Crippen molar-refractivity contribution in [3.63, 3.8) is 0 Å². The van der Waals surface area contributed by atoms with Gasteiger partial charge in [-0.05, 0) is 24.6 Å². The van der Waals surface area contributed by atoms with Gasteiger partial charge >= 0.3 is 5.97 Å². The summed E-state index contributed by atoms with van der Waals surface area (Å²) in [6.45, 7) is 1.80. The zero-order valence-electron chi connectivity index (χ0n) is 9.16. The van der Waals surface area contributed by atoms with Crippen molar-refractivity contribution in [2.24, 2.45) is 0 Å². The standard InChI is InChI=1S/C11H14ClNO3/c1-3-9(11(14)15)13-7-4-5-10(16-2)8(12)6-7/h4-6,9,13H,3H2,1-2H3,(H,14,15)/t9-/m0/s1. The van der Waals surface area contributed by atoms with Crippen molar-refractivity contribution in [3.05, 3.63) is 23.2 Å². The molecule has 0 amide bonds. The monoisotopic (exact) mass is 243 g/mol. The Morgan fingerprint density at radius 1 is 1.62 bits per heavy atom. The Bertz CT molecular complexity index is 381. The molecular formula is C11H14ClNO3. The first-order chi connectivity index (χ1) is 7.58. The highest BCUT2D eigenvalue weighted by atomic mass is 35.5. The molecule has 0 bridgehead atoms. The molecule has 0 aliphatic carbocycles. The Balaban J connectivity index is 2.81. The summed E-state index contributed by atoms with van der Waals surface area (Å²) in [6, 6.07) is 4.46. The van der Waals surface area contributed by atoms with Crippen molar-refractivity contribution in [3.8, 4) is 5.75 Å². The highest BCUT2D eigenvalue weighted by Crippen LogP contribution is 2.27. The summed E-state index contributed by atoms with van der Waals surface area (Å²) in [5.74, 6) is -0.315. The largest absolute Gasteiger partial charge is 0.495 e. The Morgan fingerprint density at radius 3 is 2.75 bits per heavy atom. The Hall–Kier alpha value is -1.42. The van der Waals surface area contributed by atoms with E-state index in [2.05, 4.69) is 5.32 Å². The molecule has 1 rings (SSSR count). The van der Waals surface area contributed by atoms with Gasteiger partial charge in [0, 0.05) is 5.69 Å². The van der Waals surface area contributed by atoms with E-state index in [4.69, 9.17) is 21.4 Å². The fraction of sp³-hybridized carbons (Fsp3) is 0.364. The first kappa shape index (κ1) is 12.6. The lowest BCUT2D eigenvalue weighted by atomic mass is 10.2. The lowest BCUT2D eigenvalue weighted by Gasteiger charge is -2.14. The second-order valence-electron chi connectivity index (χ2n) is 3.29. The summed E-state index contributed by atoms with van der Waals surface area (Å²) in [4.78, 5) is 10.8. The lowest BCUT2D eigenvalue weighted by molar-refractivity contribution is -0.137. The number of ether oxygens (including phenoxy) is 1. The number of anilines is 1. The molecule has 2 N–H and O–H groups in total. The molecule has 0 aliphatic rings. The molecular weight excluding hydrogens is 230 g/mol. The number of nitrogens with one attached hydrogen (secondary N) is 1. The molecule has 0 aliphatic heterocycles. The average molecular weight is 244 g/mol. The summed E-state index contributed by atoms with van der Waals surface area (Å²) >= 11 is 5.92. The normalized spacial score (nSPS) is 11.9. The number of carboxylic acids is 1. The molecule has 1 aromatic rings.